The number of fused-ring (bicyclic) bond motifs is 1. The first-order valence-electron chi connectivity index (χ1n) is 9.85. The van der Waals surface area contributed by atoms with Gasteiger partial charge in [0.15, 0.2) is 11.5 Å². The average Bonchev–Trinajstić information content (AvgIpc) is 3.13. The molecule has 0 radical (unpaired) electrons. The molecule has 0 aliphatic heterocycles. The lowest BCUT2D eigenvalue weighted by Gasteiger charge is -2.17. The number of carbonyl (C=O) groups excluding carboxylic acids is 1. The van der Waals surface area contributed by atoms with Gasteiger partial charge in [0.1, 0.15) is 5.65 Å². The van der Waals surface area contributed by atoms with Crippen molar-refractivity contribution < 1.29 is 19.0 Å². The molecule has 2 heterocycles. The van der Waals surface area contributed by atoms with E-state index in [1.165, 1.54) is 0 Å². The lowest BCUT2D eigenvalue weighted by molar-refractivity contribution is 0.0949. The summed E-state index contributed by atoms with van der Waals surface area (Å²) in [5, 5.41) is 2.92. The number of imidazole rings is 1. The van der Waals surface area contributed by atoms with Gasteiger partial charge in [0, 0.05) is 17.5 Å². The molecule has 0 aliphatic rings. The Balaban J connectivity index is 1.82. The van der Waals surface area contributed by atoms with Gasteiger partial charge >= 0.3 is 0 Å². The number of hydrogen-bond donors (Lipinski definition) is 1. The molecule has 0 saturated carbocycles. The summed E-state index contributed by atoms with van der Waals surface area (Å²) in [5.41, 5.74) is 3.17. The second kappa shape index (κ2) is 9.32. The normalized spacial score (nSPS) is 10.8. The van der Waals surface area contributed by atoms with Crippen LogP contribution in [0.4, 0.5) is 0 Å². The maximum Gasteiger partial charge on any atom is 0.251 e. The van der Waals surface area contributed by atoms with Crippen molar-refractivity contribution in [1.29, 1.82) is 0 Å². The quantitative estimate of drug-likeness (QED) is 0.595. The molecule has 2 aromatic heterocycles. The van der Waals surface area contributed by atoms with Crippen molar-refractivity contribution in [2.75, 3.05) is 19.8 Å². The number of aromatic nitrogens is 2. The van der Waals surface area contributed by atoms with Crippen LogP contribution in [0.1, 0.15) is 42.5 Å². The maximum atomic E-state index is 12.8. The van der Waals surface area contributed by atoms with Crippen LogP contribution in [0, 0.1) is 6.92 Å². The van der Waals surface area contributed by atoms with Crippen LogP contribution < -0.4 is 19.5 Å². The molecule has 0 bridgehead atoms. The number of nitrogens with one attached hydrogen (secondary N) is 1. The van der Waals surface area contributed by atoms with Crippen LogP contribution in [0.3, 0.4) is 0 Å². The van der Waals surface area contributed by atoms with Crippen LogP contribution in [0.5, 0.6) is 17.2 Å². The van der Waals surface area contributed by atoms with Gasteiger partial charge in [-0.3, -0.25) is 4.79 Å². The molecule has 1 N–H and O–H groups in total. The summed E-state index contributed by atoms with van der Waals surface area (Å²) in [6.45, 7) is 9.38. The first-order valence-corrected chi connectivity index (χ1v) is 9.85. The Hall–Kier alpha value is -3.22. The number of hydrogen-bond acceptors (Lipinski definition) is 5. The Morgan fingerprint density at radius 1 is 1.03 bits per heavy atom. The van der Waals surface area contributed by atoms with E-state index in [-0.39, 0.29) is 5.91 Å². The van der Waals surface area contributed by atoms with E-state index in [4.69, 9.17) is 14.2 Å². The summed E-state index contributed by atoms with van der Waals surface area (Å²) in [4.78, 5) is 17.3. The highest BCUT2D eigenvalue weighted by atomic mass is 16.5. The highest BCUT2D eigenvalue weighted by molar-refractivity contribution is 5.95. The van der Waals surface area contributed by atoms with E-state index in [9.17, 15) is 4.79 Å². The molecule has 0 aliphatic carbocycles. The third kappa shape index (κ3) is 4.62. The summed E-state index contributed by atoms with van der Waals surface area (Å²) in [6, 6.07) is 9.28. The van der Waals surface area contributed by atoms with Crippen molar-refractivity contribution in [1.82, 2.24) is 14.7 Å². The number of nitrogens with zero attached hydrogens (tertiary/aromatic N) is 2. The molecular formula is C22H27N3O4. The number of benzene rings is 1. The Morgan fingerprint density at radius 3 is 2.28 bits per heavy atom. The van der Waals surface area contributed by atoms with Crippen LogP contribution in [-0.2, 0) is 6.54 Å². The molecule has 3 aromatic rings. The van der Waals surface area contributed by atoms with Crippen molar-refractivity contribution >= 4 is 11.6 Å². The maximum absolute atomic E-state index is 12.8. The van der Waals surface area contributed by atoms with Crippen LogP contribution >= 0.6 is 0 Å². The molecule has 0 unspecified atom stereocenters. The summed E-state index contributed by atoms with van der Waals surface area (Å²) in [5.74, 6) is 1.27. The molecule has 0 spiro atoms. The van der Waals surface area contributed by atoms with Gasteiger partial charge in [-0.1, -0.05) is 6.07 Å². The number of carbonyl (C=O) groups is 1. The second-order valence-corrected chi connectivity index (χ2v) is 6.41. The fourth-order valence-corrected chi connectivity index (χ4v) is 3.08. The Kier molecular flexibility index (Phi) is 6.59. The predicted octanol–water partition coefficient (Wildman–Crippen LogP) is 3.77. The van der Waals surface area contributed by atoms with Gasteiger partial charge in [0.05, 0.1) is 32.1 Å². The van der Waals surface area contributed by atoms with Gasteiger partial charge in [0.25, 0.3) is 5.91 Å². The van der Waals surface area contributed by atoms with Crippen LogP contribution in [-0.4, -0.2) is 35.1 Å². The molecule has 0 saturated heterocycles. The molecule has 0 atom stereocenters. The van der Waals surface area contributed by atoms with Crippen LogP contribution in [0.2, 0.25) is 0 Å². The topological polar surface area (TPSA) is 74.1 Å². The van der Waals surface area contributed by atoms with Crippen molar-refractivity contribution in [3.05, 3.63) is 53.5 Å². The Labute approximate surface area is 170 Å². The summed E-state index contributed by atoms with van der Waals surface area (Å²) in [7, 11) is 0. The highest BCUT2D eigenvalue weighted by Gasteiger charge is 2.18. The van der Waals surface area contributed by atoms with Gasteiger partial charge < -0.3 is 23.9 Å². The van der Waals surface area contributed by atoms with Gasteiger partial charge in [-0.25, -0.2) is 4.98 Å². The first-order chi connectivity index (χ1) is 14.1. The zero-order valence-electron chi connectivity index (χ0n) is 17.3. The van der Waals surface area contributed by atoms with E-state index >= 15 is 0 Å². The van der Waals surface area contributed by atoms with E-state index in [0.29, 0.717) is 49.2 Å². The lowest BCUT2D eigenvalue weighted by atomic mass is 10.1. The largest absolute Gasteiger partial charge is 0.490 e. The van der Waals surface area contributed by atoms with Crippen molar-refractivity contribution in [2.24, 2.45) is 0 Å². The third-order valence-electron chi connectivity index (χ3n) is 4.35. The van der Waals surface area contributed by atoms with Gasteiger partial charge in [0.2, 0.25) is 5.75 Å². The number of rotatable bonds is 9. The van der Waals surface area contributed by atoms with Crippen LogP contribution in [0.15, 0.2) is 36.5 Å². The fraction of sp³-hybridized carbons (Fsp3) is 0.364. The van der Waals surface area contributed by atoms with Crippen molar-refractivity contribution in [3.8, 4) is 17.2 Å². The first kappa shape index (κ1) is 20.5. The van der Waals surface area contributed by atoms with E-state index in [1.54, 1.807) is 12.1 Å². The predicted molar refractivity (Wildman–Crippen MR) is 111 cm³/mol. The summed E-state index contributed by atoms with van der Waals surface area (Å²) in [6.07, 6.45) is 1.93. The number of amides is 1. The van der Waals surface area contributed by atoms with Crippen molar-refractivity contribution in [3.63, 3.8) is 0 Å². The Morgan fingerprint density at radius 2 is 1.69 bits per heavy atom. The van der Waals surface area contributed by atoms with Crippen LogP contribution in [0.25, 0.3) is 5.65 Å². The SMILES string of the molecule is CCOc1cc(C(=O)NCc2cn3c(C)cccc3n2)cc(OCC)c1OCC. The minimum atomic E-state index is -0.233. The smallest absolute Gasteiger partial charge is 0.251 e. The van der Waals surface area contributed by atoms with E-state index < -0.39 is 0 Å². The van der Waals surface area contributed by atoms with Gasteiger partial charge in [-0.05, 0) is 52.0 Å². The minimum absolute atomic E-state index is 0.233. The molecule has 7 nitrogen and oxygen atoms in total. The lowest BCUT2D eigenvalue weighted by Crippen LogP contribution is -2.23. The van der Waals surface area contributed by atoms with E-state index in [1.807, 2.05) is 56.5 Å². The van der Waals surface area contributed by atoms with Crippen molar-refractivity contribution in [2.45, 2.75) is 34.2 Å². The van der Waals surface area contributed by atoms with E-state index in [0.717, 1.165) is 17.0 Å². The van der Waals surface area contributed by atoms with E-state index in [2.05, 4.69) is 10.3 Å². The standard InChI is InChI=1S/C22H27N3O4/c1-5-27-18-11-16(12-19(28-6-2)21(18)29-7-3)22(26)23-13-17-14-25-15(4)9-8-10-20(25)24-17/h8-12,14H,5-7,13H2,1-4H3,(H,23,26). The highest BCUT2D eigenvalue weighted by Crippen LogP contribution is 2.39. The minimum Gasteiger partial charge on any atom is -0.490 e. The molecule has 7 heteroatoms. The molecular weight excluding hydrogens is 370 g/mol. The Bertz CT molecular complexity index is 970. The average molecular weight is 397 g/mol. The third-order valence-corrected chi connectivity index (χ3v) is 4.35. The summed E-state index contributed by atoms with van der Waals surface area (Å²) >= 11 is 0. The molecule has 1 amide bonds. The zero-order chi connectivity index (χ0) is 20.8. The van der Waals surface area contributed by atoms with Gasteiger partial charge in [-0.15, -0.1) is 0 Å². The molecule has 3 rings (SSSR count). The second-order valence-electron chi connectivity index (χ2n) is 6.41. The zero-order valence-corrected chi connectivity index (χ0v) is 17.3. The molecule has 0 fully saturated rings. The number of ether oxygens (including phenoxy) is 3. The monoisotopic (exact) mass is 397 g/mol. The summed E-state index contributed by atoms with van der Waals surface area (Å²) < 4.78 is 19.1. The molecule has 154 valence electrons. The van der Waals surface area contributed by atoms with Gasteiger partial charge in [-0.2, -0.15) is 0 Å². The number of aryl methyl sites for hydroxylation is 1. The molecule has 29 heavy (non-hydrogen) atoms. The molecule has 1 aromatic carbocycles. The number of pyridine rings is 1. The fourth-order valence-electron chi connectivity index (χ4n) is 3.08.